The number of hydrogen-bond acceptors (Lipinski definition) is 3. The molecule has 0 N–H and O–H groups in total. The highest BCUT2D eigenvalue weighted by Crippen LogP contribution is 2.17. The minimum atomic E-state index is 0.327. The molecule has 3 nitrogen and oxygen atoms in total. The van der Waals surface area contributed by atoms with Crippen LogP contribution in [0.4, 0.5) is 0 Å². The van der Waals surface area contributed by atoms with E-state index in [2.05, 4.69) is 9.97 Å². The normalized spacial score (nSPS) is 10.4. The van der Waals surface area contributed by atoms with Crippen molar-refractivity contribution >= 4 is 34.8 Å². The molecule has 1 heterocycles. The minimum Gasteiger partial charge on any atom is -0.493 e. The summed E-state index contributed by atoms with van der Waals surface area (Å²) in [5.74, 6) is 1.25. The molecule has 2 rings (SSSR count). The van der Waals surface area contributed by atoms with E-state index in [9.17, 15) is 0 Å². The van der Waals surface area contributed by atoms with Crippen molar-refractivity contribution in [3.05, 3.63) is 51.5 Å². The quantitative estimate of drug-likeness (QED) is 0.799. The summed E-state index contributed by atoms with van der Waals surface area (Å²) < 4.78 is 5.52. The molecule has 94 valence electrons. The van der Waals surface area contributed by atoms with E-state index >= 15 is 0 Å². The van der Waals surface area contributed by atoms with E-state index in [1.807, 2.05) is 12.1 Å². The molecule has 0 bridgehead atoms. The van der Waals surface area contributed by atoms with Gasteiger partial charge >= 0.3 is 0 Å². The molecule has 18 heavy (non-hydrogen) atoms. The van der Waals surface area contributed by atoms with Crippen molar-refractivity contribution < 1.29 is 4.74 Å². The van der Waals surface area contributed by atoms with Gasteiger partial charge in [0.05, 0.1) is 6.61 Å². The molecule has 0 aliphatic heterocycles. The van der Waals surface area contributed by atoms with Gasteiger partial charge in [-0.2, -0.15) is 0 Å². The van der Waals surface area contributed by atoms with Gasteiger partial charge in [-0.25, -0.2) is 9.97 Å². The van der Waals surface area contributed by atoms with Gasteiger partial charge < -0.3 is 4.74 Å². The summed E-state index contributed by atoms with van der Waals surface area (Å²) in [6, 6.07) is 8.67. The summed E-state index contributed by atoms with van der Waals surface area (Å²) >= 11 is 17.4. The van der Waals surface area contributed by atoms with Crippen LogP contribution in [0.3, 0.4) is 0 Å². The fourth-order valence-electron chi connectivity index (χ4n) is 1.36. The lowest BCUT2D eigenvalue weighted by molar-refractivity contribution is 0.319. The van der Waals surface area contributed by atoms with Crippen LogP contribution >= 0.6 is 34.8 Å². The van der Waals surface area contributed by atoms with Crippen LogP contribution in [-0.2, 0) is 6.42 Å². The zero-order valence-corrected chi connectivity index (χ0v) is 11.5. The second-order valence-corrected chi connectivity index (χ2v) is 4.70. The van der Waals surface area contributed by atoms with Crippen LogP contribution in [0.5, 0.6) is 5.75 Å². The fourth-order valence-corrected chi connectivity index (χ4v) is 2.00. The fraction of sp³-hybridized carbons (Fsp3) is 0.167. The maximum atomic E-state index is 5.84. The van der Waals surface area contributed by atoms with Gasteiger partial charge in [-0.3, -0.25) is 0 Å². The first-order chi connectivity index (χ1) is 8.63. The average molecular weight is 304 g/mol. The lowest BCUT2D eigenvalue weighted by Crippen LogP contribution is -2.05. The van der Waals surface area contributed by atoms with Gasteiger partial charge in [0.2, 0.25) is 0 Å². The molecule has 1 aromatic heterocycles. The van der Waals surface area contributed by atoms with E-state index in [1.165, 1.54) is 6.07 Å². The van der Waals surface area contributed by atoms with E-state index in [4.69, 9.17) is 39.5 Å². The lowest BCUT2D eigenvalue weighted by atomic mass is 10.3. The summed E-state index contributed by atoms with van der Waals surface area (Å²) in [5, 5.41) is 1.29. The van der Waals surface area contributed by atoms with E-state index < -0.39 is 0 Å². The molecule has 0 aliphatic carbocycles. The Morgan fingerprint density at radius 3 is 2.39 bits per heavy atom. The molecule has 0 spiro atoms. The van der Waals surface area contributed by atoms with Crippen molar-refractivity contribution in [1.82, 2.24) is 9.97 Å². The van der Waals surface area contributed by atoms with Gasteiger partial charge in [-0.05, 0) is 18.2 Å². The smallest absolute Gasteiger partial charge is 0.135 e. The third-order valence-corrected chi connectivity index (χ3v) is 2.72. The maximum Gasteiger partial charge on any atom is 0.135 e. The Kier molecular flexibility index (Phi) is 4.64. The molecule has 0 fully saturated rings. The third-order valence-electron chi connectivity index (χ3n) is 2.10. The van der Waals surface area contributed by atoms with Crippen LogP contribution in [0.25, 0.3) is 0 Å². The highest BCUT2D eigenvalue weighted by atomic mass is 35.5. The molecule has 2 aromatic rings. The van der Waals surface area contributed by atoms with Crippen LogP contribution in [0.1, 0.15) is 5.82 Å². The van der Waals surface area contributed by atoms with E-state index in [1.54, 1.807) is 12.1 Å². The SMILES string of the molecule is Clc1cccc(OCCc2nc(Cl)cc(Cl)n2)c1. The molecular formula is C12H9Cl3N2O. The minimum absolute atomic E-state index is 0.327. The summed E-state index contributed by atoms with van der Waals surface area (Å²) in [6.07, 6.45) is 0.521. The van der Waals surface area contributed by atoms with Crippen LogP contribution in [0, 0.1) is 0 Å². The third kappa shape index (κ3) is 4.02. The van der Waals surface area contributed by atoms with E-state index in [-0.39, 0.29) is 0 Å². The van der Waals surface area contributed by atoms with Gasteiger partial charge in [0.25, 0.3) is 0 Å². The maximum absolute atomic E-state index is 5.84. The van der Waals surface area contributed by atoms with Crippen LogP contribution in [0.15, 0.2) is 30.3 Å². The summed E-state index contributed by atoms with van der Waals surface area (Å²) in [7, 11) is 0. The summed E-state index contributed by atoms with van der Waals surface area (Å²) in [5.41, 5.74) is 0. The van der Waals surface area contributed by atoms with Crippen molar-refractivity contribution in [3.8, 4) is 5.75 Å². The number of rotatable bonds is 4. The highest BCUT2D eigenvalue weighted by Gasteiger charge is 2.02. The number of ether oxygens (including phenoxy) is 1. The number of aromatic nitrogens is 2. The van der Waals surface area contributed by atoms with Gasteiger partial charge in [-0.15, -0.1) is 0 Å². The van der Waals surface area contributed by atoms with Gasteiger partial charge in [0, 0.05) is 17.5 Å². The summed E-state index contributed by atoms with van der Waals surface area (Å²) in [4.78, 5) is 8.09. The molecule has 0 aliphatic rings. The molecule has 0 radical (unpaired) electrons. The van der Waals surface area contributed by atoms with E-state index in [0.29, 0.717) is 39.9 Å². The Morgan fingerprint density at radius 2 is 1.72 bits per heavy atom. The Bertz CT molecular complexity index is 528. The molecular weight excluding hydrogens is 295 g/mol. The topological polar surface area (TPSA) is 35.0 Å². The highest BCUT2D eigenvalue weighted by molar-refractivity contribution is 6.33. The number of halogens is 3. The number of hydrogen-bond donors (Lipinski definition) is 0. The Hall–Kier alpha value is -1.03. The van der Waals surface area contributed by atoms with Crippen LogP contribution in [-0.4, -0.2) is 16.6 Å². The first-order valence-corrected chi connectivity index (χ1v) is 6.34. The largest absolute Gasteiger partial charge is 0.493 e. The summed E-state index contributed by atoms with van der Waals surface area (Å²) in [6.45, 7) is 0.428. The zero-order chi connectivity index (χ0) is 13.0. The first kappa shape index (κ1) is 13.4. The Balaban J connectivity index is 1.92. The molecule has 1 aromatic carbocycles. The van der Waals surface area contributed by atoms with Crippen molar-refractivity contribution in [2.75, 3.05) is 6.61 Å². The lowest BCUT2D eigenvalue weighted by Gasteiger charge is -2.06. The monoisotopic (exact) mass is 302 g/mol. The first-order valence-electron chi connectivity index (χ1n) is 5.21. The van der Waals surface area contributed by atoms with E-state index in [0.717, 1.165) is 0 Å². The molecule has 0 saturated carbocycles. The Labute approximate surface area is 120 Å². The van der Waals surface area contributed by atoms with Gasteiger partial charge in [0.1, 0.15) is 21.9 Å². The van der Waals surface area contributed by atoms with Crippen molar-refractivity contribution in [3.63, 3.8) is 0 Å². The van der Waals surface area contributed by atoms with Crippen molar-refractivity contribution in [2.45, 2.75) is 6.42 Å². The Morgan fingerprint density at radius 1 is 1.00 bits per heavy atom. The molecule has 0 saturated heterocycles. The zero-order valence-electron chi connectivity index (χ0n) is 9.24. The number of nitrogens with zero attached hydrogens (tertiary/aromatic N) is 2. The molecule has 0 unspecified atom stereocenters. The van der Waals surface area contributed by atoms with Crippen molar-refractivity contribution in [1.29, 1.82) is 0 Å². The van der Waals surface area contributed by atoms with Gasteiger partial charge in [0.15, 0.2) is 0 Å². The predicted molar refractivity (Wildman–Crippen MR) is 72.7 cm³/mol. The molecule has 0 atom stereocenters. The number of benzene rings is 1. The average Bonchev–Trinajstić information content (AvgIpc) is 2.27. The van der Waals surface area contributed by atoms with Gasteiger partial charge in [-0.1, -0.05) is 40.9 Å². The van der Waals surface area contributed by atoms with Crippen LogP contribution in [0.2, 0.25) is 15.3 Å². The second-order valence-electron chi connectivity index (χ2n) is 3.49. The van der Waals surface area contributed by atoms with Crippen LogP contribution < -0.4 is 4.74 Å². The second kappa shape index (κ2) is 6.23. The molecule has 6 heteroatoms. The molecule has 0 amide bonds. The van der Waals surface area contributed by atoms with Crippen molar-refractivity contribution in [2.24, 2.45) is 0 Å². The predicted octanol–water partition coefficient (Wildman–Crippen LogP) is 4.06. The standard InChI is InChI=1S/C12H9Cl3N2O/c13-8-2-1-3-9(6-8)18-5-4-12-16-10(14)7-11(15)17-12/h1-3,6-7H,4-5H2.